The average Bonchev–Trinajstić information content (AvgIpc) is 2.92. The van der Waals surface area contributed by atoms with Crippen LogP contribution in [0.5, 0.6) is 0 Å². The molecule has 2 aliphatic rings. The lowest BCUT2D eigenvalue weighted by Gasteiger charge is -2.48. The molecular formula is C27H23N3O3S2. The summed E-state index contributed by atoms with van der Waals surface area (Å²) >= 11 is 2.96. The number of rotatable bonds is 7. The van der Waals surface area contributed by atoms with Gasteiger partial charge in [-0.05, 0) is 34.2 Å². The van der Waals surface area contributed by atoms with Gasteiger partial charge in [0.15, 0.2) is 6.10 Å². The minimum Gasteiger partial charge on any atom is -0.448 e. The molecule has 2 N–H and O–H groups in total. The summed E-state index contributed by atoms with van der Waals surface area (Å²) in [5, 5.41) is 1.64. The molecule has 0 radical (unpaired) electrons. The van der Waals surface area contributed by atoms with E-state index in [0.29, 0.717) is 5.75 Å². The van der Waals surface area contributed by atoms with Gasteiger partial charge in [-0.15, -0.1) is 11.8 Å². The number of fused-ring (bicyclic) bond motifs is 1. The number of nitrogens with zero attached hydrogens (tertiary/aromatic N) is 2. The molecule has 0 saturated carbocycles. The summed E-state index contributed by atoms with van der Waals surface area (Å²) in [5.41, 5.74) is 8.96. The molecule has 6 nitrogen and oxygen atoms in total. The maximum absolute atomic E-state index is 13.7. The van der Waals surface area contributed by atoms with E-state index < -0.39 is 18.1 Å². The predicted octanol–water partition coefficient (Wildman–Crippen LogP) is 4.57. The molecular weight excluding hydrogens is 478 g/mol. The monoisotopic (exact) mass is 501 g/mol. The van der Waals surface area contributed by atoms with Crippen LogP contribution in [0.2, 0.25) is 0 Å². The van der Waals surface area contributed by atoms with E-state index in [1.807, 2.05) is 84.3 Å². The Morgan fingerprint density at radius 1 is 1.09 bits per heavy atom. The molecule has 0 spiro atoms. The van der Waals surface area contributed by atoms with Crippen LogP contribution < -0.4 is 5.73 Å². The molecule has 2 aliphatic heterocycles. The summed E-state index contributed by atoms with van der Waals surface area (Å²) in [5.74, 6) is -0.235. The minimum absolute atomic E-state index is 0.261. The minimum atomic E-state index is -0.612. The van der Waals surface area contributed by atoms with Crippen LogP contribution in [0.3, 0.4) is 0 Å². The number of hydrogen-bond acceptors (Lipinski definition) is 7. The van der Waals surface area contributed by atoms with Crippen molar-refractivity contribution in [3.8, 4) is 0 Å². The number of carbonyl (C=O) groups excluding carboxylic acids is 2. The van der Waals surface area contributed by atoms with Crippen LogP contribution in [0.25, 0.3) is 6.08 Å². The number of β-lactam (4-membered cyclic amide) rings is 1. The highest BCUT2D eigenvalue weighted by Crippen LogP contribution is 2.44. The van der Waals surface area contributed by atoms with E-state index in [1.54, 1.807) is 24.2 Å². The molecule has 2 aromatic carbocycles. The number of thioether (sulfide) groups is 2. The number of benzene rings is 2. The number of ether oxygens (including phenoxy) is 1. The Kier molecular flexibility index (Phi) is 7.03. The topological polar surface area (TPSA) is 85.5 Å². The quantitative estimate of drug-likeness (QED) is 0.375. The van der Waals surface area contributed by atoms with Crippen molar-refractivity contribution in [3.05, 3.63) is 118 Å². The molecule has 176 valence electrons. The normalized spacial score (nSPS) is 19.6. The Morgan fingerprint density at radius 3 is 2.40 bits per heavy atom. The van der Waals surface area contributed by atoms with Gasteiger partial charge in [0.1, 0.15) is 17.1 Å². The zero-order valence-corrected chi connectivity index (χ0v) is 20.3. The van der Waals surface area contributed by atoms with E-state index >= 15 is 0 Å². The van der Waals surface area contributed by atoms with E-state index in [9.17, 15) is 9.59 Å². The first-order valence-corrected chi connectivity index (χ1v) is 13.0. The fourth-order valence-corrected chi connectivity index (χ4v) is 6.28. The van der Waals surface area contributed by atoms with Crippen molar-refractivity contribution >= 4 is 41.5 Å². The van der Waals surface area contributed by atoms with Crippen molar-refractivity contribution in [1.82, 2.24) is 9.88 Å². The molecule has 1 aromatic heterocycles. The Hall–Kier alpha value is -3.33. The maximum atomic E-state index is 13.7. The van der Waals surface area contributed by atoms with E-state index in [0.717, 1.165) is 21.6 Å². The zero-order valence-electron chi connectivity index (χ0n) is 18.7. The third-order valence-corrected chi connectivity index (χ3v) is 8.13. The molecule has 2 atom stereocenters. The van der Waals surface area contributed by atoms with Crippen LogP contribution in [0.15, 0.2) is 101 Å². The number of hydrogen-bond donors (Lipinski definition) is 1. The van der Waals surface area contributed by atoms with Gasteiger partial charge in [0.05, 0.1) is 0 Å². The molecule has 1 saturated heterocycles. The molecule has 3 heterocycles. The molecule has 1 amide bonds. The summed E-state index contributed by atoms with van der Waals surface area (Å²) in [7, 11) is 0. The van der Waals surface area contributed by atoms with Crippen molar-refractivity contribution in [3.63, 3.8) is 0 Å². The lowest BCUT2D eigenvalue weighted by molar-refractivity contribution is -0.152. The standard InChI is InChI=1S/C27H23N3O3S2/c28-22-25(31)30-23(21(17-35-26(22)30)34-15-13-18-8-7-14-29-16-18)27(32)33-24(19-9-3-1-4-10-19)20-11-5-2-6-12-20/h1-16,22,24,26H,17,28H2/b15-13-/t22?,26-/m0/s1. The summed E-state index contributed by atoms with van der Waals surface area (Å²) in [6, 6.07) is 22.4. The fraction of sp³-hybridized carbons (Fsp3) is 0.148. The second-order valence-corrected chi connectivity index (χ2v) is 10.1. The smallest absolute Gasteiger partial charge is 0.356 e. The summed E-state index contributed by atoms with van der Waals surface area (Å²) in [4.78, 5) is 32.7. The number of nitrogens with two attached hydrogens (primary N) is 1. The molecule has 0 bridgehead atoms. The molecule has 1 unspecified atom stereocenters. The highest BCUT2D eigenvalue weighted by atomic mass is 32.2. The van der Waals surface area contributed by atoms with Crippen LogP contribution >= 0.6 is 23.5 Å². The number of carbonyl (C=O) groups is 2. The van der Waals surface area contributed by atoms with Crippen molar-refractivity contribution < 1.29 is 14.3 Å². The van der Waals surface area contributed by atoms with E-state index in [2.05, 4.69) is 4.98 Å². The van der Waals surface area contributed by atoms with Gasteiger partial charge < -0.3 is 10.5 Å². The van der Waals surface area contributed by atoms with E-state index in [-0.39, 0.29) is 17.0 Å². The van der Waals surface area contributed by atoms with Crippen molar-refractivity contribution in [2.45, 2.75) is 17.5 Å². The maximum Gasteiger partial charge on any atom is 0.356 e. The zero-order chi connectivity index (χ0) is 24.2. The lowest BCUT2D eigenvalue weighted by Crippen LogP contribution is -2.68. The van der Waals surface area contributed by atoms with E-state index in [4.69, 9.17) is 10.5 Å². The van der Waals surface area contributed by atoms with Gasteiger partial charge in [0, 0.05) is 23.1 Å². The second kappa shape index (κ2) is 10.5. The highest BCUT2D eigenvalue weighted by Gasteiger charge is 2.52. The van der Waals surface area contributed by atoms with Crippen molar-refractivity contribution in [2.75, 3.05) is 5.75 Å². The van der Waals surface area contributed by atoms with Crippen LogP contribution in [0.4, 0.5) is 0 Å². The molecule has 8 heteroatoms. The number of amides is 1. The van der Waals surface area contributed by atoms with Gasteiger partial charge in [0.2, 0.25) is 5.91 Å². The van der Waals surface area contributed by atoms with Crippen LogP contribution in [-0.2, 0) is 14.3 Å². The fourth-order valence-electron chi connectivity index (χ4n) is 3.98. The SMILES string of the molecule is NC1C(=O)N2C(C(=O)OC(c3ccccc3)c3ccccc3)=C(S/C=C\c3cccnc3)CS[C@@H]12. The number of pyridine rings is 1. The van der Waals surface area contributed by atoms with Crippen molar-refractivity contribution in [1.29, 1.82) is 0 Å². The van der Waals surface area contributed by atoms with E-state index in [1.165, 1.54) is 16.7 Å². The van der Waals surface area contributed by atoms with Gasteiger partial charge in [-0.25, -0.2) is 4.79 Å². The molecule has 35 heavy (non-hydrogen) atoms. The number of esters is 1. The molecule has 0 aliphatic carbocycles. The van der Waals surface area contributed by atoms with Crippen LogP contribution in [-0.4, -0.2) is 38.9 Å². The molecule has 5 rings (SSSR count). The second-order valence-electron chi connectivity index (χ2n) is 8.02. The van der Waals surface area contributed by atoms with Gasteiger partial charge >= 0.3 is 5.97 Å². The summed E-state index contributed by atoms with van der Waals surface area (Å²) in [6.45, 7) is 0. The lowest BCUT2D eigenvalue weighted by atomic mass is 10.0. The molecule has 1 fully saturated rings. The number of aromatic nitrogens is 1. The van der Waals surface area contributed by atoms with Crippen LogP contribution in [0, 0.1) is 0 Å². The van der Waals surface area contributed by atoms with Crippen LogP contribution in [0.1, 0.15) is 22.8 Å². The van der Waals surface area contributed by atoms with Gasteiger partial charge in [-0.3, -0.25) is 14.7 Å². The van der Waals surface area contributed by atoms with Gasteiger partial charge in [-0.2, -0.15) is 0 Å². The third kappa shape index (κ3) is 4.91. The summed E-state index contributed by atoms with van der Waals surface area (Å²) < 4.78 is 6.10. The summed E-state index contributed by atoms with van der Waals surface area (Å²) in [6.07, 6.45) is 4.79. The van der Waals surface area contributed by atoms with Gasteiger partial charge in [-0.1, -0.05) is 78.5 Å². The average molecular weight is 502 g/mol. The highest BCUT2D eigenvalue weighted by molar-refractivity contribution is 8.08. The molecule has 3 aromatic rings. The van der Waals surface area contributed by atoms with Crippen molar-refractivity contribution in [2.24, 2.45) is 5.73 Å². The predicted molar refractivity (Wildman–Crippen MR) is 140 cm³/mol. The Morgan fingerprint density at radius 2 is 1.77 bits per heavy atom. The Balaban J connectivity index is 1.46. The first kappa shape index (κ1) is 23.4. The first-order valence-electron chi connectivity index (χ1n) is 11.1. The van der Waals surface area contributed by atoms with Gasteiger partial charge in [0.25, 0.3) is 0 Å². The third-order valence-electron chi connectivity index (χ3n) is 5.75. The largest absolute Gasteiger partial charge is 0.448 e. The first-order chi connectivity index (χ1) is 17.1. The Bertz CT molecular complexity index is 1230. The Labute approximate surface area is 212 Å².